The van der Waals surface area contributed by atoms with Gasteiger partial charge in [0.05, 0.1) is 23.5 Å². The summed E-state index contributed by atoms with van der Waals surface area (Å²) in [6.45, 7) is 0. The number of rotatable bonds is 3. The first-order valence-electron chi connectivity index (χ1n) is 4.30. The van der Waals surface area contributed by atoms with Gasteiger partial charge in [-0.05, 0) is 17.7 Å². The Bertz CT molecular complexity index is 488. The van der Waals surface area contributed by atoms with Crippen molar-refractivity contribution < 1.29 is 13.5 Å². The molecule has 0 heterocycles. The van der Waals surface area contributed by atoms with Crippen molar-refractivity contribution >= 4 is 9.84 Å². The molecule has 0 aromatic heterocycles. The van der Waals surface area contributed by atoms with E-state index < -0.39 is 15.9 Å². The predicted molar refractivity (Wildman–Crippen MR) is 54.7 cm³/mol. The minimum atomic E-state index is -3.27. The summed E-state index contributed by atoms with van der Waals surface area (Å²) in [5.74, 6) is 0. The normalized spacial score (nSPS) is 13.1. The summed E-state index contributed by atoms with van der Waals surface area (Å²) in [6.07, 6.45) is 0.118. The fourth-order valence-corrected chi connectivity index (χ4v) is 1.83. The van der Waals surface area contributed by atoms with Crippen LogP contribution in [-0.4, -0.2) is 19.8 Å². The molecule has 1 unspecified atom stereocenters. The van der Waals surface area contributed by atoms with Gasteiger partial charge in [0.1, 0.15) is 0 Å². The van der Waals surface area contributed by atoms with Gasteiger partial charge in [0.25, 0.3) is 0 Å². The van der Waals surface area contributed by atoms with Crippen LogP contribution in [0.15, 0.2) is 29.2 Å². The molecule has 0 spiro atoms. The van der Waals surface area contributed by atoms with Gasteiger partial charge in [-0.25, -0.2) is 8.42 Å². The van der Waals surface area contributed by atoms with Crippen LogP contribution < -0.4 is 0 Å². The van der Waals surface area contributed by atoms with Crippen molar-refractivity contribution in [1.82, 2.24) is 0 Å². The molecule has 0 aliphatic carbocycles. The van der Waals surface area contributed by atoms with Crippen LogP contribution in [0.2, 0.25) is 0 Å². The molecule has 1 N–H and O–H groups in total. The molecule has 4 nitrogen and oxygen atoms in total. The van der Waals surface area contributed by atoms with E-state index in [1.807, 2.05) is 6.07 Å². The second kappa shape index (κ2) is 4.43. The lowest BCUT2D eigenvalue weighted by molar-refractivity contribution is 0.183. The molecule has 0 bridgehead atoms. The average Bonchev–Trinajstić information content (AvgIpc) is 2.17. The fraction of sp³-hybridized carbons (Fsp3) is 0.300. The smallest absolute Gasteiger partial charge is 0.175 e. The minimum Gasteiger partial charge on any atom is -0.387 e. The first-order chi connectivity index (χ1) is 6.95. The Hall–Kier alpha value is -1.38. The quantitative estimate of drug-likeness (QED) is 0.833. The number of sulfone groups is 1. The summed E-state index contributed by atoms with van der Waals surface area (Å²) in [4.78, 5) is 0.150. The van der Waals surface area contributed by atoms with Gasteiger partial charge in [0, 0.05) is 6.26 Å². The van der Waals surface area contributed by atoms with Gasteiger partial charge < -0.3 is 5.11 Å². The maximum atomic E-state index is 11.2. The van der Waals surface area contributed by atoms with Crippen LogP contribution in [0.1, 0.15) is 18.1 Å². The molecule has 0 amide bonds. The molecular formula is C10H11NO3S. The lowest BCUT2D eigenvalue weighted by atomic mass is 10.1. The average molecular weight is 225 g/mol. The molecule has 0 fully saturated rings. The molecule has 0 saturated carbocycles. The fourth-order valence-electron chi connectivity index (χ4n) is 1.16. The zero-order chi connectivity index (χ0) is 11.5. The molecule has 1 aromatic carbocycles. The third-order valence-electron chi connectivity index (χ3n) is 1.96. The highest BCUT2D eigenvalue weighted by Crippen LogP contribution is 2.19. The topological polar surface area (TPSA) is 78.2 Å². The van der Waals surface area contributed by atoms with Crippen molar-refractivity contribution in [3.05, 3.63) is 29.8 Å². The maximum absolute atomic E-state index is 11.2. The Labute approximate surface area is 88.7 Å². The standard InChI is InChI=1S/C10H11NO3S/c1-15(13,14)9-4-2-3-8(7-9)10(12)5-6-11/h2-4,7,10,12H,5H2,1H3. The summed E-state index contributed by atoms with van der Waals surface area (Å²) in [5, 5.41) is 17.9. The van der Waals surface area contributed by atoms with E-state index in [4.69, 9.17) is 5.26 Å². The number of hydrogen-bond acceptors (Lipinski definition) is 4. The summed E-state index contributed by atoms with van der Waals surface area (Å²) in [7, 11) is -3.27. The lowest BCUT2D eigenvalue weighted by Crippen LogP contribution is -2.01. The van der Waals surface area contributed by atoms with Gasteiger partial charge in [-0.3, -0.25) is 0 Å². The van der Waals surface area contributed by atoms with Gasteiger partial charge >= 0.3 is 0 Å². The first kappa shape index (κ1) is 11.7. The number of nitriles is 1. The Morgan fingerprint density at radius 3 is 2.73 bits per heavy atom. The van der Waals surface area contributed by atoms with Crippen molar-refractivity contribution in [3.8, 4) is 6.07 Å². The van der Waals surface area contributed by atoms with Gasteiger partial charge in [-0.15, -0.1) is 0 Å². The van der Waals surface area contributed by atoms with Crippen LogP contribution >= 0.6 is 0 Å². The lowest BCUT2D eigenvalue weighted by Gasteiger charge is -2.07. The molecule has 5 heteroatoms. The summed E-state index contributed by atoms with van der Waals surface area (Å²) < 4.78 is 22.4. The molecule has 80 valence electrons. The summed E-state index contributed by atoms with van der Waals surface area (Å²) >= 11 is 0. The molecule has 1 atom stereocenters. The van der Waals surface area contributed by atoms with Crippen LogP contribution in [0.25, 0.3) is 0 Å². The van der Waals surface area contributed by atoms with E-state index in [1.165, 1.54) is 12.1 Å². The van der Waals surface area contributed by atoms with Crippen LogP contribution in [0.4, 0.5) is 0 Å². The van der Waals surface area contributed by atoms with Crippen LogP contribution in [0.3, 0.4) is 0 Å². The molecule has 0 aliphatic rings. The number of nitrogens with zero attached hydrogens (tertiary/aromatic N) is 1. The second-order valence-corrected chi connectivity index (χ2v) is 5.24. The Morgan fingerprint density at radius 1 is 1.53 bits per heavy atom. The van der Waals surface area contributed by atoms with Crippen molar-refractivity contribution in [3.63, 3.8) is 0 Å². The highest BCUT2D eigenvalue weighted by molar-refractivity contribution is 7.90. The molecule has 0 saturated heterocycles. The molecular weight excluding hydrogens is 214 g/mol. The van der Waals surface area contributed by atoms with Crippen LogP contribution in [0.5, 0.6) is 0 Å². The highest BCUT2D eigenvalue weighted by atomic mass is 32.2. The predicted octanol–water partition coefficient (Wildman–Crippen LogP) is 1.04. The van der Waals surface area contributed by atoms with Gasteiger partial charge in [-0.1, -0.05) is 12.1 Å². The molecule has 15 heavy (non-hydrogen) atoms. The van der Waals surface area contributed by atoms with Gasteiger partial charge in [0.15, 0.2) is 9.84 Å². The van der Waals surface area contributed by atoms with E-state index >= 15 is 0 Å². The van der Waals surface area contributed by atoms with E-state index in [0.29, 0.717) is 5.56 Å². The largest absolute Gasteiger partial charge is 0.387 e. The van der Waals surface area contributed by atoms with E-state index in [9.17, 15) is 13.5 Å². The first-order valence-corrected chi connectivity index (χ1v) is 6.19. The van der Waals surface area contributed by atoms with E-state index in [-0.39, 0.29) is 11.3 Å². The van der Waals surface area contributed by atoms with E-state index in [1.54, 1.807) is 12.1 Å². The summed E-state index contributed by atoms with van der Waals surface area (Å²) in [6, 6.07) is 7.81. The molecule has 0 aliphatic heterocycles. The van der Waals surface area contributed by atoms with Gasteiger partial charge in [0.2, 0.25) is 0 Å². The highest BCUT2D eigenvalue weighted by Gasteiger charge is 2.11. The Kier molecular flexibility index (Phi) is 3.45. The molecule has 0 radical (unpaired) electrons. The number of aliphatic hydroxyl groups excluding tert-OH is 1. The van der Waals surface area contributed by atoms with Crippen molar-refractivity contribution in [2.24, 2.45) is 0 Å². The second-order valence-electron chi connectivity index (χ2n) is 3.22. The maximum Gasteiger partial charge on any atom is 0.175 e. The van der Waals surface area contributed by atoms with Crippen molar-refractivity contribution in [2.45, 2.75) is 17.4 Å². The zero-order valence-corrected chi connectivity index (χ0v) is 9.03. The van der Waals surface area contributed by atoms with Crippen molar-refractivity contribution in [1.29, 1.82) is 5.26 Å². The van der Waals surface area contributed by atoms with Crippen molar-refractivity contribution in [2.75, 3.05) is 6.26 Å². The van der Waals surface area contributed by atoms with Crippen LogP contribution in [-0.2, 0) is 9.84 Å². The monoisotopic (exact) mass is 225 g/mol. The number of hydrogen-bond donors (Lipinski definition) is 1. The third kappa shape index (κ3) is 3.05. The summed E-state index contributed by atoms with van der Waals surface area (Å²) in [5.41, 5.74) is 0.444. The van der Waals surface area contributed by atoms with Crippen LogP contribution in [0, 0.1) is 11.3 Å². The minimum absolute atomic E-state index is 0.0484. The van der Waals surface area contributed by atoms with E-state index in [0.717, 1.165) is 6.26 Å². The number of benzene rings is 1. The third-order valence-corrected chi connectivity index (χ3v) is 3.07. The Balaban J connectivity index is 3.10. The van der Waals surface area contributed by atoms with E-state index in [2.05, 4.69) is 0 Å². The Morgan fingerprint density at radius 2 is 2.20 bits per heavy atom. The zero-order valence-electron chi connectivity index (χ0n) is 8.21. The van der Waals surface area contributed by atoms with Gasteiger partial charge in [-0.2, -0.15) is 5.26 Å². The molecule has 1 aromatic rings. The molecule has 1 rings (SSSR count). The SMILES string of the molecule is CS(=O)(=O)c1cccc(C(O)CC#N)c1. The number of aliphatic hydroxyl groups is 1.